The van der Waals surface area contributed by atoms with E-state index in [4.69, 9.17) is 20.9 Å². The van der Waals surface area contributed by atoms with Crippen LogP contribution in [0, 0.1) is 0 Å². The number of benzene rings is 3. The van der Waals surface area contributed by atoms with Crippen LogP contribution in [0.5, 0.6) is 11.5 Å². The Labute approximate surface area is 237 Å². The summed E-state index contributed by atoms with van der Waals surface area (Å²) < 4.78 is 13.3. The first-order valence-electron chi connectivity index (χ1n) is 13.0. The van der Waals surface area contributed by atoms with Crippen LogP contribution in [0.4, 0.5) is 0 Å². The lowest BCUT2D eigenvalue weighted by Gasteiger charge is -2.38. The molecule has 1 atom stereocenters. The lowest BCUT2D eigenvalue weighted by atomic mass is 9.92. The highest BCUT2D eigenvalue weighted by atomic mass is 35.5. The largest absolute Gasteiger partial charge is 0.480 e. The number of aryl methyl sites for hydroxylation is 1. The zero-order chi connectivity index (χ0) is 28.4. The van der Waals surface area contributed by atoms with Crippen LogP contribution in [0.15, 0.2) is 83.5 Å². The molecule has 0 bridgehead atoms. The van der Waals surface area contributed by atoms with Gasteiger partial charge in [0.15, 0.2) is 0 Å². The molecule has 1 unspecified atom stereocenters. The molecular formula is C31H31ClN4O4. The second-order valence-electron chi connectivity index (χ2n) is 10.5. The fourth-order valence-electron chi connectivity index (χ4n) is 4.60. The number of carboxylic acids is 1. The van der Waals surface area contributed by atoms with Gasteiger partial charge in [0, 0.05) is 22.7 Å². The third kappa shape index (κ3) is 5.73. The molecule has 5 rings (SSSR count). The summed E-state index contributed by atoms with van der Waals surface area (Å²) in [7, 11) is 1.86. The molecule has 2 aromatic heterocycles. The van der Waals surface area contributed by atoms with Crippen LogP contribution in [-0.4, -0.2) is 49.3 Å². The molecule has 0 radical (unpaired) electrons. The fourth-order valence-corrected chi connectivity index (χ4v) is 4.82. The van der Waals surface area contributed by atoms with Gasteiger partial charge >= 0.3 is 5.97 Å². The Morgan fingerprint density at radius 1 is 1.12 bits per heavy atom. The SMILES string of the molecule is CC(C(=O)O)N(C)C(C)(C)CCc1ccc2c(ccn2-c2noc(-c3ccc(Oc4ccccc4)c(Cl)c3)n2)c1. The zero-order valence-electron chi connectivity index (χ0n) is 22.8. The summed E-state index contributed by atoms with van der Waals surface area (Å²) in [4.78, 5) is 17.9. The Morgan fingerprint density at radius 2 is 1.90 bits per heavy atom. The number of carbonyl (C=O) groups is 1. The molecule has 206 valence electrons. The fraction of sp³-hybridized carbons (Fsp3) is 0.258. The number of rotatable bonds is 10. The van der Waals surface area contributed by atoms with E-state index in [9.17, 15) is 9.90 Å². The minimum absolute atomic E-state index is 0.269. The van der Waals surface area contributed by atoms with Gasteiger partial charge in [0.25, 0.3) is 11.8 Å². The Kier molecular flexibility index (Phi) is 7.65. The van der Waals surface area contributed by atoms with Gasteiger partial charge in [0.05, 0.1) is 10.5 Å². The number of aliphatic carboxylic acids is 1. The van der Waals surface area contributed by atoms with Crippen molar-refractivity contribution in [1.82, 2.24) is 19.6 Å². The number of nitrogens with zero attached hydrogens (tertiary/aromatic N) is 4. The molecule has 5 aromatic rings. The van der Waals surface area contributed by atoms with Gasteiger partial charge in [-0.05, 0) is 99.9 Å². The summed E-state index contributed by atoms with van der Waals surface area (Å²) >= 11 is 6.48. The summed E-state index contributed by atoms with van der Waals surface area (Å²) in [6.45, 7) is 5.87. The standard InChI is InChI=1S/C31H31ClN4O4/c1-20(29(37)38)35(4)31(2,3)16-14-21-10-12-26-22(18-21)15-17-36(26)30-33-28(40-34-30)23-11-13-27(25(32)19-23)39-24-8-6-5-7-9-24/h5-13,15,17-20H,14,16H2,1-4H3,(H,37,38). The normalized spacial score (nSPS) is 12.7. The van der Waals surface area contributed by atoms with Crippen molar-refractivity contribution in [1.29, 1.82) is 0 Å². The molecule has 0 aliphatic rings. The van der Waals surface area contributed by atoms with Crippen molar-refractivity contribution < 1.29 is 19.2 Å². The average molecular weight is 559 g/mol. The van der Waals surface area contributed by atoms with E-state index < -0.39 is 12.0 Å². The van der Waals surface area contributed by atoms with Gasteiger partial charge < -0.3 is 14.4 Å². The smallest absolute Gasteiger partial charge is 0.320 e. The zero-order valence-corrected chi connectivity index (χ0v) is 23.6. The Hall–Kier alpha value is -4.14. The molecule has 0 saturated heterocycles. The van der Waals surface area contributed by atoms with Crippen LogP contribution in [-0.2, 0) is 11.2 Å². The number of para-hydroxylation sites is 1. The summed E-state index contributed by atoms with van der Waals surface area (Å²) in [6.07, 6.45) is 3.56. The van der Waals surface area contributed by atoms with E-state index in [2.05, 4.69) is 36.1 Å². The van der Waals surface area contributed by atoms with Gasteiger partial charge in [-0.15, -0.1) is 0 Å². The maximum absolute atomic E-state index is 11.4. The molecule has 40 heavy (non-hydrogen) atoms. The van der Waals surface area contributed by atoms with Crippen molar-refractivity contribution in [2.45, 2.75) is 45.2 Å². The highest BCUT2D eigenvalue weighted by molar-refractivity contribution is 6.32. The third-order valence-electron chi connectivity index (χ3n) is 7.45. The predicted octanol–water partition coefficient (Wildman–Crippen LogP) is 7.24. The summed E-state index contributed by atoms with van der Waals surface area (Å²) in [5, 5.41) is 15.1. The minimum Gasteiger partial charge on any atom is -0.480 e. The van der Waals surface area contributed by atoms with Gasteiger partial charge in [-0.2, -0.15) is 4.98 Å². The van der Waals surface area contributed by atoms with E-state index in [1.165, 1.54) is 5.56 Å². The first-order chi connectivity index (χ1) is 19.1. The average Bonchev–Trinajstić information content (AvgIpc) is 3.60. The topological polar surface area (TPSA) is 93.6 Å². The maximum atomic E-state index is 11.4. The van der Waals surface area contributed by atoms with Crippen LogP contribution in [0.2, 0.25) is 5.02 Å². The predicted molar refractivity (Wildman–Crippen MR) is 155 cm³/mol. The van der Waals surface area contributed by atoms with Gasteiger partial charge in [0.2, 0.25) is 0 Å². The second kappa shape index (κ2) is 11.2. The first kappa shape index (κ1) is 27.4. The van der Waals surface area contributed by atoms with Gasteiger partial charge in [-0.25, -0.2) is 0 Å². The number of carboxylic acid groups (broad SMARTS) is 1. The highest BCUT2D eigenvalue weighted by Gasteiger charge is 2.30. The van der Waals surface area contributed by atoms with Gasteiger partial charge in [-0.3, -0.25) is 14.3 Å². The van der Waals surface area contributed by atoms with Crippen LogP contribution < -0.4 is 4.74 Å². The van der Waals surface area contributed by atoms with Crippen LogP contribution in [0.1, 0.15) is 32.8 Å². The summed E-state index contributed by atoms with van der Waals surface area (Å²) in [5.74, 6) is 1.19. The van der Waals surface area contributed by atoms with Crippen molar-refractivity contribution in [2.75, 3.05) is 7.05 Å². The van der Waals surface area contributed by atoms with E-state index in [0.29, 0.717) is 33.9 Å². The molecule has 9 heteroatoms. The van der Waals surface area contributed by atoms with Gasteiger partial charge in [-0.1, -0.05) is 35.9 Å². The number of hydrogen-bond acceptors (Lipinski definition) is 6. The monoisotopic (exact) mass is 558 g/mol. The van der Waals surface area contributed by atoms with Crippen LogP contribution in [0.25, 0.3) is 28.3 Å². The molecular weight excluding hydrogens is 528 g/mol. The van der Waals surface area contributed by atoms with Gasteiger partial charge in [0.1, 0.15) is 17.5 Å². The van der Waals surface area contributed by atoms with E-state index in [-0.39, 0.29) is 5.54 Å². The molecule has 0 aliphatic heterocycles. The second-order valence-corrected chi connectivity index (χ2v) is 10.9. The molecule has 0 saturated carbocycles. The minimum atomic E-state index is -0.819. The summed E-state index contributed by atoms with van der Waals surface area (Å²) in [5.41, 5.74) is 2.55. The van der Waals surface area contributed by atoms with E-state index >= 15 is 0 Å². The van der Waals surface area contributed by atoms with Crippen LogP contribution in [0.3, 0.4) is 0 Å². The molecule has 2 heterocycles. The maximum Gasteiger partial charge on any atom is 0.320 e. The van der Waals surface area contributed by atoms with Crippen LogP contribution >= 0.6 is 11.6 Å². The third-order valence-corrected chi connectivity index (χ3v) is 7.75. The number of ether oxygens (including phenoxy) is 1. The van der Waals surface area contributed by atoms with Crippen molar-refractivity contribution in [3.8, 4) is 28.9 Å². The molecule has 0 aliphatic carbocycles. The molecule has 1 N–H and O–H groups in total. The molecule has 0 spiro atoms. The number of aromatic nitrogens is 3. The lowest BCUT2D eigenvalue weighted by Crippen LogP contribution is -2.49. The first-order valence-corrected chi connectivity index (χ1v) is 13.4. The van der Waals surface area contributed by atoms with Crippen molar-refractivity contribution >= 4 is 28.5 Å². The Balaban J connectivity index is 1.30. The van der Waals surface area contributed by atoms with Crippen molar-refractivity contribution in [2.24, 2.45) is 0 Å². The molecule has 3 aromatic carbocycles. The van der Waals surface area contributed by atoms with E-state index in [1.54, 1.807) is 19.1 Å². The molecule has 0 amide bonds. The quantitative estimate of drug-likeness (QED) is 0.193. The number of hydrogen-bond donors (Lipinski definition) is 1. The number of halogens is 1. The Bertz CT molecular complexity index is 1640. The molecule has 8 nitrogen and oxygen atoms in total. The van der Waals surface area contributed by atoms with E-state index in [1.807, 2.05) is 71.2 Å². The van der Waals surface area contributed by atoms with Crippen molar-refractivity contribution in [3.05, 3.63) is 89.6 Å². The number of likely N-dealkylation sites (N-methyl/N-ethyl adjacent to an activating group) is 1. The van der Waals surface area contributed by atoms with Crippen molar-refractivity contribution in [3.63, 3.8) is 0 Å². The van der Waals surface area contributed by atoms with E-state index in [0.717, 1.165) is 23.7 Å². The Morgan fingerprint density at radius 3 is 2.62 bits per heavy atom. The lowest BCUT2D eigenvalue weighted by molar-refractivity contribution is -0.144. The number of fused-ring (bicyclic) bond motifs is 1. The molecule has 0 fully saturated rings. The summed E-state index contributed by atoms with van der Waals surface area (Å²) in [6, 6.07) is 22.5. The highest BCUT2D eigenvalue weighted by Crippen LogP contribution is 2.33.